The summed E-state index contributed by atoms with van der Waals surface area (Å²) in [5.41, 5.74) is 4.83. The highest BCUT2D eigenvalue weighted by Gasteiger charge is 2.15. The number of hydrogen-bond donors (Lipinski definition) is 1. The third kappa shape index (κ3) is 4.30. The van der Waals surface area contributed by atoms with Crippen LogP contribution < -0.4 is 5.32 Å². The third-order valence-electron chi connectivity index (χ3n) is 4.97. The molecule has 0 aliphatic rings. The molecule has 0 unspecified atom stereocenters. The summed E-state index contributed by atoms with van der Waals surface area (Å²) in [4.78, 5) is 16.7. The molecule has 0 atom stereocenters. The van der Waals surface area contributed by atoms with E-state index in [0.717, 1.165) is 28.2 Å². The minimum Gasteiger partial charge on any atom is -0.352 e. The molecule has 2 heterocycles. The number of nitrogens with zero attached hydrogens (tertiary/aromatic N) is 4. The smallest absolute Gasteiger partial charge is 0.227 e. The van der Waals surface area contributed by atoms with Crippen molar-refractivity contribution >= 4 is 5.91 Å². The van der Waals surface area contributed by atoms with Gasteiger partial charge in [0.1, 0.15) is 0 Å². The van der Waals surface area contributed by atoms with E-state index in [1.54, 1.807) is 0 Å². The van der Waals surface area contributed by atoms with Crippen LogP contribution in [0.5, 0.6) is 0 Å². The molecule has 2 aromatic heterocycles. The van der Waals surface area contributed by atoms with Gasteiger partial charge in [-0.2, -0.15) is 10.1 Å². The molecule has 0 fully saturated rings. The number of carbonyl (C=O) groups excluding carboxylic acids is 1. The molecule has 0 aliphatic carbocycles. The molecule has 4 rings (SSSR count). The van der Waals surface area contributed by atoms with Gasteiger partial charge in [0.25, 0.3) is 0 Å². The van der Waals surface area contributed by atoms with E-state index >= 15 is 0 Å². The van der Waals surface area contributed by atoms with Gasteiger partial charge in [-0.3, -0.25) is 4.79 Å². The zero-order chi connectivity index (χ0) is 20.9. The van der Waals surface area contributed by atoms with Gasteiger partial charge in [-0.15, -0.1) is 0 Å². The second kappa shape index (κ2) is 8.73. The zero-order valence-corrected chi connectivity index (χ0v) is 17.0. The topological polar surface area (TPSA) is 85.8 Å². The number of rotatable bonds is 7. The predicted octanol–water partition coefficient (Wildman–Crippen LogP) is 3.79. The van der Waals surface area contributed by atoms with Crippen LogP contribution in [-0.4, -0.2) is 25.8 Å². The van der Waals surface area contributed by atoms with Crippen LogP contribution in [0, 0.1) is 13.8 Å². The summed E-state index contributed by atoms with van der Waals surface area (Å²) in [5.74, 6) is 0.916. The van der Waals surface area contributed by atoms with Crippen molar-refractivity contribution in [2.24, 2.45) is 0 Å². The van der Waals surface area contributed by atoms with Crippen molar-refractivity contribution in [1.29, 1.82) is 0 Å². The van der Waals surface area contributed by atoms with E-state index in [9.17, 15) is 4.79 Å². The minimum atomic E-state index is -0.0688. The molecule has 1 N–H and O–H groups in total. The monoisotopic (exact) mass is 401 g/mol. The lowest BCUT2D eigenvalue weighted by Gasteiger charge is -2.07. The molecule has 0 saturated carbocycles. The largest absolute Gasteiger partial charge is 0.352 e. The van der Waals surface area contributed by atoms with Crippen LogP contribution in [0.4, 0.5) is 0 Å². The highest BCUT2D eigenvalue weighted by Crippen LogP contribution is 2.18. The van der Waals surface area contributed by atoms with Gasteiger partial charge in [-0.1, -0.05) is 53.7 Å². The Labute approximate surface area is 174 Å². The normalized spacial score (nSPS) is 10.9. The lowest BCUT2D eigenvalue weighted by molar-refractivity contribution is -0.121. The van der Waals surface area contributed by atoms with Gasteiger partial charge in [0, 0.05) is 36.2 Å². The quantitative estimate of drug-likeness (QED) is 0.509. The first kappa shape index (κ1) is 19.6. The van der Waals surface area contributed by atoms with Gasteiger partial charge in [0.15, 0.2) is 0 Å². The van der Waals surface area contributed by atoms with Crippen molar-refractivity contribution < 1.29 is 9.32 Å². The van der Waals surface area contributed by atoms with Gasteiger partial charge in [0.05, 0.1) is 11.4 Å². The van der Waals surface area contributed by atoms with Gasteiger partial charge < -0.3 is 9.84 Å². The van der Waals surface area contributed by atoms with Crippen molar-refractivity contribution in [2.45, 2.75) is 33.2 Å². The number of nitrogens with one attached hydrogen (secondary N) is 1. The second-order valence-electron chi connectivity index (χ2n) is 7.05. The number of benzene rings is 2. The van der Waals surface area contributed by atoms with E-state index in [4.69, 9.17) is 4.52 Å². The van der Waals surface area contributed by atoms with E-state index in [2.05, 4.69) is 20.6 Å². The molecule has 0 radical (unpaired) electrons. The third-order valence-corrected chi connectivity index (χ3v) is 4.97. The van der Waals surface area contributed by atoms with Crippen molar-refractivity contribution in [3.63, 3.8) is 0 Å². The van der Waals surface area contributed by atoms with Gasteiger partial charge in [0.2, 0.25) is 17.6 Å². The number of hydrogen-bond acceptors (Lipinski definition) is 5. The van der Waals surface area contributed by atoms with Crippen molar-refractivity contribution in [2.75, 3.05) is 0 Å². The maximum atomic E-state index is 12.3. The maximum absolute atomic E-state index is 12.3. The molecule has 2 aromatic carbocycles. The van der Waals surface area contributed by atoms with Crippen LogP contribution in [-0.2, 0) is 17.8 Å². The molecule has 0 saturated heterocycles. The van der Waals surface area contributed by atoms with E-state index < -0.39 is 0 Å². The Kier molecular flexibility index (Phi) is 5.70. The summed E-state index contributed by atoms with van der Waals surface area (Å²) in [5, 5.41) is 11.6. The number of aromatic nitrogens is 4. The first-order valence-electron chi connectivity index (χ1n) is 9.87. The van der Waals surface area contributed by atoms with E-state index in [-0.39, 0.29) is 12.3 Å². The Morgan fingerprint density at radius 3 is 2.47 bits per heavy atom. The summed E-state index contributed by atoms with van der Waals surface area (Å²) in [6.45, 7) is 4.40. The Morgan fingerprint density at radius 1 is 1.03 bits per heavy atom. The highest BCUT2D eigenvalue weighted by molar-refractivity contribution is 5.76. The predicted molar refractivity (Wildman–Crippen MR) is 113 cm³/mol. The van der Waals surface area contributed by atoms with Crippen LogP contribution in [0.1, 0.15) is 29.3 Å². The molecular weight excluding hydrogens is 378 g/mol. The molecule has 7 heteroatoms. The molecule has 7 nitrogen and oxygen atoms in total. The van der Waals surface area contributed by atoms with Crippen molar-refractivity contribution in [3.8, 4) is 17.1 Å². The number of para-hydroxylation sites is 1. The fourth-order valence-electron chi connectivity index (χ4n) is 3.31. The van der Waals surface area contributed by atoms with Gasteiger partial charge in [-0.25, -0.2) is 4.68 Å². The molecule has 152 valence electrons. The van der Waals surface area contributed by atoms with E-state index in [1.165, 1.54) is 0 Å². The van der Waals surface area contributed by atoms with E-state index in [0.29, 0.717) is 24.7 Å². The highest BCUT2D eigenvalue weighted by atomic mass is 16.5. The molecule has 0 spiro atoms. The molecule has 4 aromatic rings. The molecular formula is C23H23N5O2. The van der Waals surface area contributed by atoms with Crippen molar-refractivity contribution in [3.05, 3.63) is 83.5 Å². The van der Waals surface area contributed by atoms with Gasteiger partial charge in [-0.05, 0) is 26.0 Å². The van der Waals surface area contributed by atoms with Crippen molar-refractivity contribution in [1.82, 2.24) is 25.2 Å². The van der Waals surface area contributed by atoms with Crippen LogP contribution in [0.15, 0.2) is 65.2 Å². The lowest BCUT2D eigenvalue weighted by atomic mass is 10.2. The summed E-state index contributed by atoms with van der Waals surface area (Å²) < 4.78 is 7.17. The maximum Gasteiger partial charge on any atom is 0.227 e. The first-order valence-corrected chi connectivity index (χ1v) is 9.87. The summed E-state index contributed by atoms with van der Waals surface area (Å²) >= 11 is 0. The molecule has 1 amide bonds. The zero-order valence-electron chi connectivity index (χ0n) is 17.0. The summed E-state index contributed by atoms with van der Waals surface area (Å²) in [6.07, 6.45) is 0.675. The van der Waals surface area contributed by atoms with Crippen LogP contribution >= 0.6 is 0 Å². The Balaban J connectivity index is 1.34. The summed E-state index contributed by atoms with van der Waals surface area (Å²) in [6, 6.07) is 19.6. The Morgan fingerprint density at radius 2 is 1.73 bits per heavy atom. The molecule has 0 bridgehead atoms. The summed E-state index contributed by atoms with van der Waals surface area (Å²) in [7, 11) is 0. The van der Waals surface area contributed by atoms with Crippen LogP contribution in [0.3, 0.4) is 0 Å². The minimum absolute atomic E-state index is 0.0688. The standard InChI is InChI=1S/C23H23N5O2/c1-16-20(17(2)28(26-16)19-11-7-4-8-12-19)15-24-21(29)13-14-22-25-23(27-30-22)18-9-5-3-6-10-18/h3-12H,13-15H2,1-2H3,(H,24,29). The SMILES string of the molecule is Cc1nn(-c2ccccc2)c(C)c1CNC(=O)CCc1nc(-c2ccccc2)no1. The van der Waals surface area contributed by atoms with E-state index in [1.807, 2.05) is 79.2 Å². The van der Waals surface area contributed by atoms with Gasteiger partial charge >= 0.3 is 0 Å². The fraction of sp³-hybridized carbons (Fsp3) is 0.217. The second-order valence-corrected chi connectivity index (χ2v) is 7.05. The fourth-order valence-corrected chi connectivity index (χ4v) is 3.31. The first-order chi connectivity index (χ1) is 14.6. The number of amides is 1. The lowest BCUT2D eigenvalue weighted by Crippen LogP contribution is -2.23. The average Bonchev–Trinajstić information content (AvgIpc) is 3.37. The molecule has 0 aliphatic heterocycles. The van der Waals surface area contributed by atoms with Crippen LogP contribution in [0.25, 0.3) is 17.1 Å². The molecule has 30 heavy (non-hydrogen) atoms. The average molecular weight is 401 g/mol. The Hall–Kier alpha value is -3.74. The Bertz CT molecular complexity index is 1130. The van der Waals surface area contributed by atoms with Crippen LogP contribution in [0.2, 0.25) is 0 Å². The number of aryl methyl sites for hydroxylation is 2. The number of carbonyl (C=O) groups is 1.